The van der Waals surface area contributed by atoms with Crippen molar-refractivity contribution in [3.05, 3.63) is 30.4 Å². The number of hydrogen-bond donors (Lipinski definition) is 1. The van der Waals surface area contributed by atoms with Gasteiger partial charge in [-0.2, -0.15) is 0 Å². The summed E-state index contributed by atoms with van der Waals surface area (Å²) in [4.78, 5) is 0. The number of aliphatic hydroxyl groups excluding tert-OH is 1. The van der Waals surface area contributed by atoms with Crippen molar-refractivity contribution in [1.29, 1.82) is 0 Å². The molecule has 0 aliphatic heterocycles. The number of rotatable bonds is 5. The van der Waals surface area contributed by atoms with Crippen LogP contribution in [0.2, 0.25) is 0 Å². The lowest BCUT2D eigenvalue weighted by Gasteiger charge is -2.12. The zero-order valence-electron chi connectivity index (χ0n) is 8.49. The van der Waals surface area contributed by atoms with E-state index < -0.39 is 0 Å². The fraction of sp³-hybridized carbons (Fsp3) is 0.364. The molecule has 1 aromatic carbocycles. The predicted octanol–water partition coefficient (Wildman–Crippen LogP) is 2.37. The van der Waals surface area contributed by atoms with Gasteiger partial charge in [0.1, 0.15) is 18.1 Å². The first-order chi connectivity index (χ1) is 6.83. The second kappa shape index (κ2) is 5.50. The molecule has 0 bridgehead atoms. The van der Waals surface area contributed by atoms with Crippen LogP contribution in [0.15, 0.2) is 18.2 Å². The molecule has 0 saturated heterocycles. The van der Waals surface area contributed by atoms with Crippen LogP contribution in [-0.4, -0.2) is 18.3 Å². The van der Waals surface area contributed by atoms with Crippen LogP contribution in [0.5, 0.6) is 11.5 Å². The predicted molar refractivity (Wildman–Crippen MR) is 54.1 cm³/mol. The second-order valence-corrected chi connectivity index (χ2v) is 2.66. The van der Waals surface area contributed by atoms with E-state index in [-0.39, 0.29) is 0 Å². The molecular formula is C11H15O3. The van der Waals surface area contributed by atoms with Crippen molar-refractivity contribution >= 4 is 0 Å². The Morgan fingerprint density at radius 3 is 2.00 bits per heavy atom. The van der Waals surface area contributed by atoms with E-state index in [1.807, 2.05) is 19.9 Å². The van der Waals surface area contributed by atoms with E-state index in [2.05, 4.69) is 0 Å². The minimum absolute atomic E-state index is 0.566. The first kappa shape index (κ1) is 10.9. The summed E-state index contributed by atoms with van der Waals surface area (Å²) in [6.07, 6.45) is 0. The molecular weight excluding hydrogens is 180 g/mol. The van der Waals surface area contributed by atoms with Crippen LogP contribution in [0.1, 0.15) is 19.4 Å². The minimum Gasteiger partial charge on any atom is -0.493 e. The van der Waals surface area contributed by atoms with Crippen molar-refractivity contribution in [1.82, 2.24) is 0 Å². The topological polar surface area (TPSA) is 38.7 Å². The van der Waals surface area contributed by atoms with E-state index in [1.165, 1.54) is 0 Å². The molecule has 3 heteroatoms. The van der Waals surface area contributed by atoms with Crippen molar-refractivity contribution in [2.45, 2.75) is 13.8 Å². The van der Waals surface area contributed by atoms with E-state index in [1.54, 1.807) is 12.1 Å². The average Bonchev–Trinajstić information content (AvgIpc) is 2.19. The molecule has 1 radical (unpaired) electrons. The summed E-state index contributed by atoms with van der Waals surface area (Å²) in [5.74, 6) is 1.28. The SMILES string of the molecule is CCOc1cccc(OCC)c1[CH]O. The van der Waals surface area contributed by atoms with Crippen LogP contribution in [0.3, 0.4) is 0 Å². The van der Waals surface area contributed by atoms with Crippen LogP contribution in [0.4, 0.5) is 0 Å². The maximum atomic E-state index is 9.07. The summed E-state index contributed by atoms with van der Waals surface area (Å²) in [5, 5.41) is 9.07. The summed E-state index contributed by atoms with van der Waals surface area (Å²) >= 11 is 0. The van der Waals surface area contributed by atoms with Crippen LogP contribution in [0.25, 0.3) is 0 Å². The molecule has 1 aromatic rings. The molecule has 0 amide bonds. The summed E-state index contributed by atoms with van der Waals surface area (Å²) in [6.45, 7) is 5.94. The van der Waals surface area contributed by atoms with Crippen molar-refractivity contribution < 1.29 is 14.6 Å². The maximum absolute atomic E-state index is 9.07. The van der Waals surface area contributed by atoms with Crippen molar-refractivity contribution in [2.75, 3.05) is 13.2 Å². The molecule has 0 aliphatic rings. The van der Waals surface area contributed by atoms with E-state index >= 15 is 0 Å². The van der Waals surface area contributed by atoms with E-state index in [0.29, 0.717) is 30.3 Å². The van der Waals surface area contributed by atoms with Crippen LogP contribution in [-0.2, 0) is 0 Å². The Kier molecular flexibility index (Phi) is 4.26. The Hall–Kier alpha value is -1.22. The molecule has 0 atom stereocenters. The van der Waals surface area contributed by atoms with Crippen molar-refractivity contribution in [3.63, 3.8) is 0 Å². The number of benzene rings is 1. The van der Waals surface area contributed by atoms with E-state index in [0.717, 1.165) is 6.61 Å². The third-order valence-corrected chi connectivity index (χ3v) is 1.75. The smallest absolute Gasteiger partial charge is 0.128 e. The Bertz CT molecular complexity index is 260. The lowest BCUT2D eigenvalue weighted by atomic mass is 10.2. The van der Waals surface area contributed by atoms with Crippen molar-refractivity contribution in [3.8, 4) is 11.5 Å². The van der Waals surface area contributed by atoms with Gasteiger partial charge in [-0.3, -0.25) is 0 Å². The van der Waals surface area contributed by atoms with Crippen LogP contribution in [0, 0.1) is 6.61 Å². The third-order valence-electron chi connectivity index (χ3n) is 1.75. The van der Waals surface area contributed by atoms with Gasteiger partial charge in [-0.1, -0.05) is 6.07 Å². The summed E-state index contributed by atoms with van der Waals surface area (Å²) < 4.78 is 10.7. The Morgan fingerprint density at radius 2 is 1.64 bits per heavy atom. The number of aliphatic hydroxyl groups is 1. The molecule has 1 N–H and O–H groups in total. The molecule has 0 aliphatic carbocycles. The van der Waals surface area contributed by atoms with Crippen LogP contribution >= 0.6 is 0 Å². The lowest BCUT2D eigenvalue weighted by Crippen LogP contribution is -2.00. The van der Waals surface area contributed by atoms with Gasteiger partial charge in [-0.05, 0) is 26.0 Å². The Labute approximate surface area is 84.3 Å². The third kappa shape index (κ3) is 2.39. The Morgan fingerprint density at radius 1 is 1.14 bits per heavy atom. The molecule has 0 heterocycles. The van der Waals surface area contributed by atoms with E-state index in [9.17, 15) is 0 Å². The molecule has 77 valence electrons. The van der Waals surface area contributed by atoms with Gasteiger partial charge < -0.3 is 14.6 Å². The second-order valence-electron chi connectivity index (χ2n) is 2.66. The molecule has 0 aromatic heterocycles. The molecule has 1 rings (SSSR count). The average molecular weight is 195 g/mol. The van der Waals surface area contributed by atoms with Gasteiger partial charge in [0.15, 0.2) is 0 Å². The zero-order chi connectivity index (χ0) is 10.4. The van der Waals surface area contributed by atoms with E-state index in [4.69, 9.17) is 14.6 Å². The highest BCUT2D eigenvalue weighted by molar-refractivity contribution is 5.47. The van der Waals surface area contributed by atoms with Gasteiger partial charge in [0, 0.05) is 0 Å². The highest BCUT2D eigenvalue weighted by Crippen LogP contribution is 2.29. The largest absolute Gasteiger partial charge is 0.493 e. The molecule has 0 spiro atoms. The van der Waals surface area contributed by atoms with Gasteiger partial charge in [0.25, 0.3) is 0 Å². The zero-order valence-corrected chi connectivity index (χ0v) is 8.49. The molecule has 0 saturated carbocycles. The summed E-state index contributed by atoms with van der Waals surface area (Å²) in [7, 11) is 0. The Balaban J connectivity index is 2.98. The standard InChI is InChI=1S/C11H15O3/c1-3-13-10-6-5-7-11(14-4-2)9(10)8-12/h5-8,12H,3-4H2,1-2H3. The summed E-state index contributed by atoms with van der Waals surface area (Å²) in [5.41, 5.74) is 0.594. The summed E-state index contributed by atoms with van der Waals surface area (Å²) in [6, 6.07) is 5.44. The number of ether oxygens (including phenoxy) is 2. The molecule has 3 nitrogen and oxygen atoms in total. The number of hydrogen-bond acceptors (Lipinski definition) is 3. The molecule has 0 fully saturated rings. The molecule has 0 unspecified atom stereocenters. The lowest BCUT2D eigenvalue weighted by molar-refractivity contribution is 0.308. The fourth-order valence-electron chi connectivity index (χ4n) is 1.21. The first-order valence-electron chi connectivity index (χ1n) is 4.69. The monoisotopic (exact) mass is 195 g/mol. The first-order valence-corrected chi connectivity index (χ1v) is 4.69. The van der Waals surface area contributed by atoms with Crippen LogP contribution < -0.4 is 9.47 Å². The fourth-order valence-corrected chi connectivity index (χ4v) is 1.21. The highest BCUT2D eigenvalue weighted by atomic mass is 16.5. The van der Waals surface area contributed by atoms with Gasteiger partial charge in [0.05, 0.1) is 18.8 Å². The maximum Gasteiger partial charge on any atom is 0.128 e. The van der Waals surface area contributed by atoms with Gasteiger partial charge in [-0.25, -0.2) is 0 Å². The van der Waals surface area contributed by atoms with Gasteiger partial charge in [0.2, 0.25) is 0 Å². The minimum atomic E-state index is 0.566. The molecule has 14 heavy (non-hydrogen) atoms. The van der Waals surface area contributed by atoms with Gasteiger partial charge in [-0.15, -0.1) is 0 Å². The van der Waals surface area contributed by atoms with Crippen molar-refractivity contribution in [2.24, 2.45) is 0 Å². The van der Waals surface area contributed by atoms with Gasteiger partial charge >= 0.3 is 0 Å². The highest BCUT2D eigenvalue weighted by Gasteiger charge is 2.09. The quantitative estimate of drug-likeness (QED) is 0.783. The normalized spacial score (nSPS) is 9.93.